The zero-order valence-corrected chi connectivity index (χ0v) is 16.3. The number of piperidine rings is 1. The summed E-state index contributed by atoms with van der Waals surface area (Å²) >= 11 is 0. The number of rotatable bonds is 4. The number of carbonyl (C=O) groups excluding carboxylic acids is 2. The first kappa shape index (κ1) is 19.0. The van der Waals surface area contributed by atoms with E-state index >= 15 is 0 Å². The molecule has 0 aliphatic carbocycles. The fourth-order valence-corrected chi connectivity index (χ4v) is 3.75. The molecule has 2 aliphatic heterocycles. The quantitative estimate of drug-likeness (QED) is 0.723. The molecule has 29 heavy (non-hydrogen) atoms. The molecule has 0 spiro atoms. The van der Waals surface area contributed by atoms with Crippen LogP contribution < -0.4 is 26.0 Å². The zero-order valence-electron chi connectivity index (χ0n) is 16.3. The Labute approximate surface area is 168 Å². The molecule has 1 aromatic heterocycles. The highest BCUT2D eigenvalue weighted by atomic mass is 16.5. The predicted molar refractivity (Wildman–Crippen MR) is 110 cm³/mol. The minimum atomic E-state index is -0.753. The summed E-state index contributed by atoms with van der Waals surface area (Å²) in [6.07, 6.45) is 3.31. The second-order valence-electron chi connectivity index (χ2n) is 7.24. The first-order valence-corrected chi connectivity index (χ1v) is 9.72. The molecule has 0 radical (unpaired) electrons. The van der Waals surface area contributed by atoms with E-state index in [1.807, 2.05) is 0 Å². The summed E-state index contributed by atoms with van der Waals surface area (Å²) in [5, 5.41) is 5.58. The van der Waals surface area contributed by atoms with Gasteiger partial charge in [0, 0.05) is 25.2 Å². The third-order valence-corrected chi connectivity index (χ3v) is 5.27. The van der Waals surface area contributed by atoms with Gasteiger partial charge in [0.2, 0.25) is 17.8 Å². The molecule has 4 N–H and O–H groups in total. The van der Waals surface area contributed by atoms with Gasteiger partial charge < -0.3 is 26.0 Å². The van der Waals surface area contributed by atoms with E-state index in [-0.39, 0.29) is 24.1 Å². The van der Waals surface area contributed by atoms with Crippen molar-refractivity contribution in [2.24, 2.45) is 0 Å². The highest BCUT2D eigenvalue weighted by Crippen LogP contribution is 2.37. The number of amides is 2. The highest BCUT2D eigenvalue weighted by molar-refractivity contribution is 6.05. The summed E-state index contributed by atoms with van der Waals surface area (Å²) in [4.78, 5) is 36.2. The number of nitrogens with one attached hydrogen (secondary N) is 2. The molecule has 152 valence electrons. The molecular formula is C20H24N6O3. The maximum atomic E-state index is 12.9. The maximum Gasteiger partial charge on any atom is 0.232 e. The van der Waals surface area contributed by atoms with E-state index in [0.717, 1.165) is 25.9 Å². The Morgan fingerprint density at radius 1 is 1.21 bits per heavy atom. The summed E-state index contributed by atoms with van der Waals surface area (Å²) in [6, 6.07) is 6.97. The Morgan fingerprint density at radius 2 is 1.93 bits per heavy atom. The molecular weight excluding hydrogens is 372 g/mol. The number of carbonyl (C=O) groups is 2. The lowest BCUT2D eigenvalue weighted by molar-refractivity contribution is -0.123. The Balaban J connectivity index is 1.60. The van der Waals surface area contributed by atoms with Gasteiger partial charge in [-0.2, -0.15) is 9.97 Å². The van der Waals surface area contributed by atoms with Crippen LogP contribution in [-0.4, -0.2) is 42.0 Å². The summed E-state index contributed by atoms with van der Waals surface area (Å²) in [6.45, 7) is 1.71. The van der Waals surface area contributed by atoms with Crippen LogP contribution in [0.1, 0.15) is 37.2 Å². The lowest BCUT2D eigenvalue weighted by atomic mass is 9.92. The molecule has 1 unspecified atom stereocenters. The SMILES string of the molecule is COc1ccc(NC(=O)C2CC(=O)Nc3nc(N4CCCCC4)nc(N)c32)cc1. The molecule has 1 atom stereocenters. The van der Waals surface area contributed by atoms with Crippen molar-refractivity contribution in [2.45, 2.75) is 31.6 Å². The van der Waals surface area contributed by atoms with E-state index in [4.69, 9.17) is 10.5 Å². The van der Waals surface area contributed by atoms with E-state index in [2.05, 4.69) is 25.5 Å². The zero-order chi connectivity index (χ0) is 20.4. The van der Waals surface area contributed by atoms with Crippen molar-refractivity contribution in [1.82, 2.24) is 9.97 Å². The molecule has 2 aliphatic rings. The van der Waals surface area contributed by atoms with Crippen molar-refractivity contribution in [3.63, 3.8) is 0 Å². The van der Waals surface area contributed by atoms with Crippen LogP contribution in [0.5, 0.6) is 5.75 Å². The molecule has 2 amide bonds. The number of fused-ring (bicyclic) bond motifs is 1. The molecule has 1 aromatic carbocycles. The number of hydrogen-bond acceptors (Lipinski definition) is 7. The van der Waals surface area contributed by atoms with E-state index in [1.165, 1.54) is 6.42 Å². The molecule has 0 bridgehead atoms. The third kappa shape index (κ3) is 3.94. The van der Waals surface area contributed by atoms with Gasteiger partial charge in [0.15, 0.2) is 0 Å². The van der Waals surface area contributed by atoms with Crippen molar-refractivity contribution in [1.29, 1.82) is 0 Å². The van der Waals surface area contributed by atoms with Crippen LogP contribution in [0.3, 0.4) is 0 Å². The fourth-order valence-electron chi connectivity index (χ4n) is 3.75. The number of methoxy groups -OCH3 is 1. The number of nitrogens with two attached hydrogens (primary N) is 1. The Bertz CT molecular complexity index is 925. The number of nitrogens with zero attached hydrogens (tertiary/aromatic N) is 3. The average Bonchev–Trinajstić information content (AvgIpc) is 2.74. The van der Waals surface area contributed by atoms with Crippen LogP contribution in [0.4, 0.5) is 23.3 Å². The molecule has 3 heterocycles. The van der Waals surface area contributed by atoms with E-state index in [9.17, 15) is 9.59 Å². The largest absolute Gasteiger partial charge is 0.497 e. The van der Waals surface area contributed by atoms with E-state index in [1.54, 1.807) is 31.4 Å². The number of anilines is 4. The van der Waals surface area contributed by atoms with Gasteiger partial charge in [0.25, 0.3) is 0 Å². The number of nitrogen functional groups attached to an aromatic ring is 1. The van der Waals surface area contributed by atoms with Crippen LogP contribution in [-0.2, 0) is 9.59 Å². The maximum absolute atomic E-state index is 12.9. The van der Waals surface area contributed by atoms with Gasteiger partial charge in [0.05, 0.1) is 18.6 Å². The molecule has 0 saturated carbocycles. The van der Waals surface area contributed by atoms with Gasteiger partial charge in [-0.15, -0.1) is 0 Å². The molecule has 2 aromatic rings. The average molecular weight is 396 g/mol. The fraction of sp³-hybridized carbons (Fsp3) is 0.400. The topological polar surface area (TPSA) is 122 Å². The molecule has 9 nitrogen and oxygen atoms in total. The third-order valence-electron chi connectivity index (χ3n) is 5.27. The second-order valence-corrected chi connectivity index (χ2v) is 7.24. The number of ether oxygens (including phenoxy) is 1. The monoisotopic (exact) mass is 396 g/mol. The summed E-state index contributed by atoms with van der Waals surface area (Å²) in [5.74, 6) is 0.388. The van der Waals surface area contributed by atoms with Crippen LogP contribution in [0.15, 0.2) is 24.3 Å². The Morgan fingerprint density at radius 3 is 2.62 bits per heavy atom. The first-order valence-electron chi connectivity index (χ1n) is 9.72. The molecule has 9 heteroatoms. The standard InChI is InChI=1S/C20H24N6O3/c1-29-13-7-5-12(6-8-13)22-19(28)14-11-15(27)23-18-16(14)17(21)24-20(25-18)26-9-3-2-4-10-26/h5-8,14H,2-4,9-11H2,1H3,(H,22,28)(H3,21,23,24,25,27). The van der Waals surface area contributed by atoms with Crippen molar-refractivity contribution in [3.05, 3.63) is 29.8 Å². The van der Waals surface area contributed by atoms with Gasteiger partial charge in [-0.1, -0.05) is 0 Å². The summed E-state index contributed by atoms with van der Waals surface area (Å²) < 4.78 is 5.13. The van der Waals surface area contributed by atoms with Crippen molar-refractivity contribution in [2.75, 3.05) is 41.5 Å². The van der Waals surface area contributed by atoms with E-state index in [0.29, 0.717) is 28.8 Å². The van der Waals surface area contributed by atoms with Gasteiger partial charge >= 0.3 is 0 Å². The lowest BCUT2D eigenvalue weighted by Crippen LogP contribution is -2.35. The van der Waals surface area contributed by atoms with Crippen molar-refractivity contribution < 1.29 is 14.3 Å². The number of benzene rings is 1. The predicted octanol–water partition coefficient (Wildman–Crippen LogP) is 2.12. The van der Waals surface area contributed by atoms with Gasteiger partial charge in [-0.25, -0.2) is 0 Å². The van der Waals surface area contributed by atoms with Gasteiger partial charge in [-0.05, 0) is 43.5 Å². The van der Waals surface area contributed by atoms with Crippen molar-refractivity contribution >= 4 is 35.1 Å². The van der Waals surface area contributed by atoms with Crippen LogP contribution >= 0.6 is 0 Å². The molecule has 1 saturated heterocycles. The summed E-state index contributed by atoms with van der Waals surface area (Å²) in [7, 11) is 1.58. The molecule has 4 rings (SSSR count). The van der Waals surface area contributed by atoms with Crippen LogP contribution in [0.2, 0.25) is 0 Å². The number of hydrogen-bond donors (Lipinski definition) is 3. The summed E-state index contributed by atoms with van der Waals surface area (Å²) in [5.41, 5.74) is 7.30. The smallest absolute Gasteiger partial charge is 0.232 e. The minimum absolute atomic E-state index is 0.00832. The van der Waals surface area contributed by atoms with Crippen LogP contribution in [0.25, 0.3) is 0 Å². The van der Waals surface area contributed by atoms with E-state index < -0.39 is 5.92 Å². The highest BCUT2D eigenvalue weighted by Gasteiger charge is 2.35. The Kier molecular flexibility index (Phi) is 5.20. The second kappa shape index (κ2) is 7.94. The Hall–Kier alpha value is -3.36. The van der Waals surface area contributed by atoms with Gasteiger partial charge in [-0.3, -0.25) is 9.59 Å². The number of aromatic nitrogens is 2. The van der Waals surface area contributed by atoms with Gasteiger partial charge in [0.1, 0.15) is 17.4 Å². The lowest BCUT2D eigenvalue weighted by Gasteiger charge is -2.30. The van der Waals surface area contributed by atoms with Crippen molar-refractivity contribution in [3.8, 4) is 5.75 Å². The first-order chi connectivity index (χ1) is 14.0. The normalized spacial score (nSPS) is 18.6. The molecule has 1 fully saturated rings. The van der Waals surface area contributed by atoms with Crippen LogP contribution in [0, 0.1) is 0 Å². The minimum Gasteiger partial charge on any atom is -0.497 e.